The summed E-state index contributed by atoms with van der Waals surface area (Å²) in [4.78, 5) is 0. The molecule has 0 aromatic heterocycles. The van der Waals surface area contributed by atoms with E-state index in [-0.39, 0.29) is 0 Å². The van der Waals surface area contributed by atoms with Crippen LogP contribution in [0.2, 0.25) is 0 Å². The molecule has 0 aromatic rings. The molecule has 1 atom stereocenters. The first-order chi connectivity index (χ1) is 5.12. The van der Waals surface area contributed by atoms with E-state index in [2.05, 4.69) is 13.8 Å². The molecule has 0 saturated heterocycles. The van der Waals surface area contributed by atoms with Crippen LogP contribution in [0.5, 0.6) is 0 Å². The summed E-state index contributed by atoms with van der Waals surface area (Å²) in [5.41, 5.74) is 12.1. The summed E-state index contributed by atoms with van der Waals surface area (Å²) in [6.45, 7) is 5.13. The van der Waals surface area contributed by atoms with Crippen molar-refractivity contribution in [3.63, 3.8) is 0 Å². The zero-order chi connectivity index (χ0) is 8.48. The molecule has 1 unspecified atom stereocenters. The first-order valence-electron chi connectivity index (χ1n) is 4.58. The Labute approximate surface area is 69.3 Å². The molecule has 1 aliphatic rings. The Morgan fingerprint density at radius 2 is 1.91 bits per heavy atom. The zero-order valence-electron chi connectivity index (χ0n) is 7.64. The molecule has 11 heavy (non-hydrogen) atoms. The average Bonchev–Trinajstić information content (AvgIpc) is 1.86. The van der Waals surface area contributed by atoms with Crippen LogP contribution in [0.3, 0.4) is 0 Å². The predicted octanol–water partition coefficient (Wildman–Crippen LogP) is 1.10. The van der Waals surface area contributed by atoms with Gasteiger partial charge in [0.1, 0.15) is 0 Å². The van der Waals surface area contributed by atoms with E-state index >= 15 is 0 Å². The highest BCUT2D eigenvalue weighted by Gasteiger charge is 2.41. The van der Waals surface area contributed by atoms with Gasteiger partial charge in [-0.25, -0.2) is 0 Å². The maximum Gasteiger partial charge on any atom is 0.0131 e. The normalized spacial score (nSPS) is 24.8. The van der Waals surface area contributed by atoms with Crippen molar-refractivity contribution < 1.29 is 0 Å². The molecular weight excluding hydrogens is 136 g/mol. The minimum atomic E-state index is 0.300. The maximum atomic E-state index is 6.09. The highest BCUT2D eigenvalue weighted by Crippen LogP contribution is 2.44. The molecule has 0 heterocycles. The van der Waals surface area contributed by atoms with Crippen molar-refractivity contribution in [2.45, 2.75) is 39.2 Å². The topological polar surface area (TPSA) is 52.0 Å². The first kappa shape index (κ1) is 9.01. The predicted molar refractivity (Wildman–Crippen MR) is 48.2 cm³/mol. The lowest BCUT2D eigenvalue weighted by Crippen LogP contribution is -2.53. The van der Waals surface area contributed by atoms with Crippen molar-refractivity contribution in [2.24, 2.45) is 22.8 Å². The van der Waals surface area contributed by atoms with Gasteiger partial charge >= 0.3 is 0 Å². The Bertz CT molecular complexity index is 122. The van der Waals surface area contributed by atoms with Gasteiger partial charge in [0.2, 0.25) is 0 Å². The molecule has 0 aliphatic heterocycles. The van der Waals surface area contributed by atoms with E-state index in [0.29, 0.717) is 17.4 Å². The lowest BCUT2D eigenvalue weighted by Gasteiger charge is -2.47. The summed E-state index contributed by atoms with van der Waals surface area (Å²) < 4.78 is 0. The van der Waals surface area contributed by atoms with Crippen molar-refractivity contribution in [2.75, 3.05) is 6.54 Å². The van der Waals surface area contributed by atoms with E-state index in [1.165, 1.54) is 19.3 Å². The molecule has 66 valence electrons. The Morgan fingerprint density at radius 1 is 1.36 bits per heavy atom. The molecule has 1 rings (SSSR count). The summed E-state index contributed by atoms with van der Waals surface area (Å²) in [5.74, 6) is 0.568. The van der Waals surface area contributed by atoms with E-state index in [4.69, 9.17) is 11.5 Å². The largest absolute Gasteiger partial charge is 0.330 e. The third-order valence-corrected chi connectivity index (χ3v) is 3.18. The molecule has 1 saturated carbocycles. The molecule has 0 radical (unpaired) electrons. The Hall–Kier alpha value is -0.0800. The van der Waals surface area contributed by atoms with E-state index in [1.807, 2.05) is 0 Å². The molecule has 0 bridgehead atoms. The van der Waals surface area contributed by atoms with Crippen molar-refractivity contribution in [3.8, 4) is 0 Å². The molecule has 0 aromatic carbocycles. The summed E-state index contributed by atoms with van der Waals surface area (Å²) in [6.07, 6.45) is 3.79. The van der Waals surface area contributed by atoms with Crippen molar-refractivity contribution >= 4 is 0 Å². The third kappa shape index (κ3) is 1.42. The summed E-state index contributed by atoms with van der Waals surface area (Å²) in [5, 5.41) is 0. The van der Waals surface area contributed by atoms with Crippen molar-refractivity contribution in [1.82, 2.24) is 0 Å². The van der Waals surface area contributed by atoms with Gasteiger partial charge in [-0.05, 0) is 30.7 Å². The van der Waals surface area contributed by atoms with E-state index in [1.54, 1.807) is 0 Å². The minimum Gasteiger partial charge on any atom is -0.330 e. The highest BCUT2D eigenvalue weighted by atomic mass is 14.8. The van der Waals surface area contributed by atoms with Crippen molar-refractivity contribution in [1.29, 1.82) is 0 Å². The molecule has 1 aliphatic carbocycles. The van der Waals surface area contributed by atoms with Crippen LogP contribution in [0.15, 0.2) is 0 Å². The van der Waals surface area contributed by atoms with Crippen LogP contribution >= 0.6 is 0 Å². The molecule has 4 N–H and O–H groups in total. The van der Waals surface area contributed by atoms with E-state index in [0.717, 1.165) is 6.54 Å². The number of hydrogen-bond acceptors (Lipinski definition) is 2. The van der Waals surface area contributed by atoms with E-state index < -0.39 is 0 Å². The molecule has 1 fully saturated rings. The van der Waals surface area contributed by atoms with Crippen LogP contribution in [0.1, 0.15) is 33.1 Å². The number of hydrogen-bond donors (Lipinski definition) is 2. The van der Waals surface area contributed by atoms with E-state index in [9.17, 15) is 0 Å². The summed E-state index contributed by atoms with van der Waals surface area (Å²) in [6, 6.07) is 0.307. The minimum absolute atomic E-state index is 0.300. The summed E-state index contributed by atoms with van der Waals surface area (Å²) >= 11 is 0. The van der Waals surface area contributed by atoms with Gasteiger partial charge in [0.25, 0.3) is 0 Å². The van der Waals surface area contributed by atoms with Crippen LogP contribution in [-0.2, 0) is 0 Å². The van der Waals surface area contributed by atoms with Gasteiger partial charge in [0, 0.05) is 6.04 Å². The quantitative estimate of drug-likeness (QED) is 0.643. The average molecular weight is 156 g/mol. The molecule has 2 heteroatoms. The Balaban J connectivity index is 2.54. The molecule has 0 spiro atoms. The number of nitrogens with two attached hydrogens (primary N) is 2. The van der Waals surface area contributed by atoms with Crippen molar-refractivity contribution in [3.05, 3.63) is 0 Å². The number of rotatable bonds is 3. The van der Waals surface area contributed by atoms with Crippen LogP contribution in [0, 0.1) is 11.3 Å². The second kappa shape index (κ2) is 3.11. The fraction of sp³-hybridized carbons (Fsp3) is 1.00. The van der Waals surface area contributed by atoms with Gasteiger partial charge in [-0.3, -0.25) is 0 Å². The van der Waals surface area contributed by atoms with Gasteiger partial charge in [-0.1, -0.05) is 20.3 Å². The Kier molecular flexibility index (Phi) is 2.55. The third-order valence-electron chi connectivity index (χ3n) is 3.18. The smallest absolute Gasteiger partial charge is 0.0131 e. The van der Waals surface area contributed by atoms with Crippen LogP contribution in [0.25, 0.3) is 0 Å². The van der Waals surface area contributed by atoms with Gasteiger partial charge in [0.15, 0.2) is 0 Å². The van der Waals surface area contributed by atoms with Crippen LogP contribution < -0.4 is 11.5 Å². The van der Waals surface area contributed by atoms with Gasteiger partial charge in [0.05, 0.1) is 0 Å². The Morgan fingerprint density at radius 3 is 2.00 bits per heavy atom. The lowest BCUT2D eigenvalue weighted by molar-refractivity contribution is 0.0813. The van der Waals surface area contributed by atoms with Gasteiger partial charge in [-0.2, -0.15) is 0 Å². The highest BCUT2D eigenvalue weighted by molar-refractivity contribution is 4.97. The zero-order valence-corrected chi connectivity index (χ0v) is 7.64. The summed E-state index contributed by atoms with van der Waals surface area (Å²) in [7, 11) is 0. The van der Waals surface area contributed by atoms with Crippen LogP contribution in [-0.4, -0.2) is 12.6 Å². The SMILES string of the molecule is CC(C)C(N)C1(CN)CCC1. The molecule has 0 amide bonds. The van der Waals surface area contributed by atoms with Gasteiger partial charge in [-0.15, -0.1) is 0 Å². The second-order valence-electron chi connectivity index (χ2n) is 4.19. The fourth-order valence-electron chi connectivity index (χ4n) is 2.01. The molecular formula is C9H20N2. The first-order valence-corrected chi connectivity index (χ1v) is 4.58. The van der Waals surface area contributed by atoms with Gasteiger partial charge < -0.3 is 11.5 Å². The maximum absolute atomic E-state index is 6.09. The monoisotopic (exact) mass is 156 g/mol. The fourth-order valence-corrected chi connectivity index (χ4v) is 2.01. The van der Waals surface area contributed by atoms with Crippen LogP contribution in [0.4, 0.5) is 0 Å². The second-order valence-corrected chi connectivity index (χ2v) is 4.19. The lowest BCUT2D eigenvalue weighted by atomic mass is 9.62. The standard InChI is InChI=1S/C9H20N2/c1-7(2)8(11)9(6-10)4-3-5-9/h7-8H,3-6,10-11H2,1-2H3. The molecule has 2 nitrogen and oxygen atoms in total.